The molecule has 1 amide bonds. The second-order valence-corrected chi connectivity index (χ2v) is 6.93. The van der Waals surface area contributed by atoms with Gasteiger partial charge in [0.1, 0.15) is 0 Å². The zero-order valence-corrected chi connectivity index (χ0v) is 16.2. The Hall–Kier alpha value is -2.56. The number of nitrogens with one attached hydrogen (secondary N) is 1. The predicted octanol–water partition coefficient (Wildman–Crippen LogP) is 3.98. The van der Waals surface area contributed by atoms with Crippen LogP contribution in [-0.4, -0.2) is 32.6 Å². The molecule has 0 radical (unpaired) electrons. The fourth-order valence-corrected chi connectivity index (χ4v) is 3.56. The minimum absolute atomic E-state index is 0.188. The van der Waals surface area contributed by atoms with Gasteiger partial charge in [-0.25, -0.2) is 0 Å². The Morgan fingerprint density at radius 3 is 2.77 bits per heavy atom. The first-order valence-electron chi connectivity index (χ1n) is 9.33. The number of rotatable bonds is 7. The predicted molar refractivity (Wildman–Crippen MR) is 105 cm³/mol. The number of para-hydroxylation sites is 1. The number of carbonyl (C=O) groups excluding carboxylic acids is 1. The van der Waals surface area contributed by atoms with Crippen molar-refractivity contribution in [3.8, 4) is 0 Å². The smallest absolute Gasteiger partial charge is 0.222 e. The van der Waals surface area contributed by atoms with Crippen LogP contribution in [0.2, 0.25) is 0 Å². The molecule has 0 unspecified atom stereocenters. The third kappa shape index (κ3) is 3.66. The molecule has 3 aromatic rings. The average Bonchev–Trinajstić information content (AvgIpc) is 3.17. The van der Waals surface area contributed by atoms with E-state index in [0.29, 0.717) is 13.0 Å². The molecule has 1 N–H and O–H groups in total. The van der Waals surface area contributed by atoms with Crippen molar-refractivity contribution in [2.24, 2.45) is 0 Å². The van der Waals surface area contributed by atoms with E-state index in [4.69, 9.17) is 0 Å². The molecule has 0 aliphatic carbocycles. The van der Waals surface area contributed by atoms with E-state index in [2.05, 4.69) is 48.3 Å². The topological polar surface area (TPSA) is 53.9 Å². The zero-order valence-electron chi connectivity index (χ0n) is 16.2. The van der Waals surface area contributed by atoms with Gasteiger partial charge in [-0.3, -0.25) is 9.48 Å². The summed E-state index contributed by atoms with van der Waals surface area (Å²) < 4.78 is 2.00. The van der Waals surface area contributed by atoms with Crippen molar-refractivity contribution in [2.75, 3.05) is 7.05 Å². The minimum atomic E-state index is 0.188. The number of aromatic nitrogens is 3. The molecule has 26 heavy (non-hydrogen) atoms. The Bertz CT molecular complexity index is 906. The normalized spacial score (nSPS) is 11.2. The van der Waals surface area contributed by atoms with Gasteiger partial charge in [-0.15, -0.1) is 0 Å². The molecule has 0 aliphatic rings. The van der Waals surface area contributed by atoms with Crippen molar-refractivity contribution in [1.82, 2.24) is 19.7 Å². The molecule has 5 heteroatoms. The van der Waals surface area contributed by atoms with Crippen molar-refractivity contribution >= 4 is 16.8 Å². The number of aryl methyl sites for hydroxylation is 3. The maximum atomic E-state index is 12.5. The Kier molecular flexibility index (Phi) is 5.45. The highest BCUT2D eigenvalue weighted by atomic mass is 16.2. The molecule has 0 spiro atoms. The second-order valence-electron chi connectivity index (χ2n) is 6.93. The van der Waals surface area contributed by atoms with Crippen LogP contribution >= 0.6 is 0 Å². The van der Waals surface area contributed by atoms with Gasteiger partial charge in [-0.2, -0.15) is 5.10 Å². The zero-order chi connectivity index (χ0) is 18.7. The summed E-state index contributed by atoms with van der Waals surface area (Å²) in [5.41, 5.74) is 5.78. The van der Waals surface area contributed by atoms with Crippen molar-refractivity contribution < 1.29 is 4.79 Å². The van der Waals surface area contributed by atoms with E-state index < -0.39 is 0 Å². The van der Waals surface area contributed by atoms with E-state index in [1.54, 1.807) is 0 Å². The molecular weight excluding hydrogens is 324 g/mol. The third-order valence-corrected chi connectivity index (χ3v) is 5.16. The number of hydrogen-bond donors (Lipinski definition) is 1. The molecule has 0 fully saturated rings. The first-order chi connectivity index (χ1) is 12.5. The maximum absolute atomic E-state index is 12.5. The van der Waals surface area contributed by atoms with Crippen LogP contribution < -0.4 is 0 Å². The lowest BCUT2D eigenvalue weighted by molar-refractivity contribution is -0.130. The highest BCUT2D eigenvalue weighted by Gasteiger charge is 2.16. The van der Waals surface area contributed by atoms with Gasteiger partial charge in [0.15, 0.2) is 0 Å². The summed E-state index contributed by atoms with van der Waals surface area (Å²) in [6, 6.07) is 8.30. The van der Waals surface area contributed by atoms with Gasteiger partial charge in [0, 0.05) is 54.9 Å². The largest absolute Gasteiger partial charge is 0.361 e. The van der Waals surface area contributed by atoms with Crippen LogP contribution in [0.15, 0.2) is 30.5 Å². The summed E-state index contributed by atoms with van der Waals surface area (Å²) in [7, 11) is 1.89. The van der Waals surface area contributed by atoms with E-state index in [1.165, 1.54) is 16.5 Å². The van der Waals surface area contributed by atoms with Gasteiger partial charge in [0.2, 0.25) is 5.91 Å². The molecule has 2 aromatic heterocycles. The molecule has 1 aromatic carbocycles. The Balaban J connectivity index is 1.55. The van der Waals surface area contributed by atoms with Gasteiger partial charge >= 0.3 is 0 Å². The second kappa shape index (κ2) is 7.77. The summed E-state index contributed by atoms with van der Waals surface area (Å²) in [6.07, 6.45) is 4.40. The van der Waals surface area contributed by atoms with Crippen LogP contribution in [0.1, 0.15) is 42.3 Å². The molecule has 0 atom stereocenters. The Morgan fingerprint density at radius 2 is 2.04 bits per heavy atom. The van der Waals surface area contributed by atoms with Gasteiger partial charge in [0.05, 0.1) is 5.69 Å². The molecule has 2 heterocycles. The van der Waals surface area contributed by atoms with E-state index in [0.717, 1.165) is 36.3 Å². The first-order valence-corrected chi connectivity index (χ1v) is 9.33. The summed E-state index contributed by atoms with van der Waals surface area (Å²) in [6.45, 7) is 7.67. The molecule has 5 nitrogen and oxygen atoms in total. The summed E-state index contributed by atoms with van der Waals surface area (Å²) in [5, 5.41) is 5.80. The van der Waals surface area contributed by atoms with Crippen molar-refractivity contribution in [3.63, 3.8) is 0 Å². The SMILES string of the molecule is CCn1nc(C)c(CN(C)C(=O)CCCc2c[nH]c3ccccc23)c1C. The molecule has 0 aliphatic heterocycles. The van der Waals surface area contributed by atoms with Crippen LogP contribution in [0.3, 0.4) is 0 Å². The lowest BCUT2D eigenvalue weighted by atomic mass is 10.1. The highest BCUT2D eigenvalue weighted by Crippen LogP contribution is 2.20. The van der Waals surface area contributed by atoms with Crippen LogP contribution in [0.5, 0.6) is 0 Å². The number of hydrogen-bond acceptors (Lipinski definition) is 2. The number of carbonyl (C=O) groups is 1. The number of aromatic amines is 1. The monoisotopic (exact) mass is 352 g/mol. The number of amides is 1. The lowest BCUT2D eigenvalue weighted by Crippen LogP contribution is -2.26. The molecule has 3 rings (SSSR count). The van der Waals surface area contributed by atoms with Gasteiger partial charge in [-0.05, 0) is 45.2 Å². The number of nitrogens with zero attached hydrogens (tertiary/aromatic N) is 3. The fourth-order valence-electron chi connectivity index (χ4n) is 3.56. The van der Waals surface area contributed by atoms with E-state index in [-0.39, 0.29) is 5.91 Å². The van der Waals surface area contributed by atoms with Crippen LogP contribution in [0.25, 0.3) is 10.9 Å². The average molecular weight is 352 g/mol. The summed E-state index contributed by atoms with van der Waals surface area (Å²) in [4.78, 5) is 17.7. The summed E-state index contributed by atoms with van der Waals surface area (Å²) >= 11 is 0. The van der Waals surface area contributed by atoms with Crippen molar-refractivity contribution in [1.29, 1.82) is 0 Å². The highest BCUT2D eigenvalue weighted by molar-refractivity contribution is 5.83. The molecule has 0 saturated carbocycles. The number of benzene rings is 1. The van der Waals surface area contributed by atoms with Crippen LogP contribution in [0.4, 0.5) is 0 Å². The molecule has 0 saturated heterocycles. The fraction of sp³-hybridized carbons (Fsp3) is 0.429. The van der Waals surface area contributed by atoms with Crippen molar-refractivity contribution in [3.05, 3.63) is 53.0 Å². The van der Waals surface area contributed by atoms with Crippen LogP contribution in [0, 0.1) is 13.8 Å². The molecule has 0 bridgehead atoms. The number of H-pyrrole nitrogens is 1. The van der Waals surface area contributed by atoms with Gasteiger partial charge < -0.3 is 9.88 Å². The van der Waals surface area contributed by atoms with E-state index in [9.17, 15) is 4.79 Å². The lowest BCUT2D eigenvalue weighted by Gasteiger charge is -2.17. The quantitative estimate of drug-likeness (QED) is 0.699. The van der Waals surface area contributed by atoms with Crippen LogP contribution in [-0.2, 0) is 24.3 Å². The number of fused-ring (bicyclic) bond motifs is 1. The molecular formula is C21H28N4O. The summed E-state index contributed by atoms with van der Waals surface area (Å²) in [5.74, 6) is 0.188. The first kappa shape index (κ1) is 18.2. The third-order valence-electron chi connectivity index (χ3n) is 5.16. The van der Waals surface area contributed by atoms with Gasteiger partial charge in [-0.1, -0.05) is 18.2 Å². The van der Waals surface area contributed by atoms with E-state index >= 15 is 0 Å². The standard InChI is InChI=1S/C21H28N4O/c1-5-25-16(3)19(15(2)23-25)14-24(4)21(26)12-8-9-17-13-22-20-11-7-6-10-18(17)20/h6-7,10-11,13,22H,5,8-9,12,14H2,1-4H3. The molecule has 138 valence electrons. The Labute approximate surface area is 155 Å². The minimum Gasteiger partial charge on any atom is -0.361 e. The van der Waals surface area contributed by atoms with Crippen molar-refractivity contribution in [2.45, 2.75) is 53.1 Å². The van der Waals surface area contributed by atoms with E-state index in [1.807, 2.05) is 29.6 Å². The maximum Gasteiger partial charge on any atom is 0.222 e. The Morgan fingerprint density at radius 1 is 1.27 bits per heavy atom. The van der Waals surface area contributed by atoms with Gasteiger partial charge in [0.25, 0.3) is 0 Å².